The topological polar surface area (TPSA) is 72.6 Å². The van der Waals surface area contributed by atoms with E-state index < -0.39 is 23.3 Å². The van der Waals surface area contributed by atoms with Crippen molar-refractivity contribution >= 4 is 46.1 Å². The standard InChI is InChI=1S/C14H16N2O3S2/c1-8(16(14(15)18)19-13(17)9(2)20)12-7-10-5-3-4-6-11(10)21-12/h3-9,20H,1-2H3,(H2,15,18). The number of thiol groups is 1. The summed E-state index contributed by atoms with van der Waals surface area (Å²) in [6.07, 6.45) is 0. The molecule has 2 N–H and O–H groups in total. The second kappa shape index (κ2) is 6.36. The molecule has 0 fully saturated rings. The third-order valence-electron chi connectivity index (χ3n) is 2.95. The maximum atomic E-state index is 11.6. The molecule has 0 aliphatic rings. The molecule has 2 unspecified atom stereocenters. The molecule has 21 heavy (non-hydrogen) atoms. The van der Waals surface area contributed by atoms with E-state index in [1.807, 2.05) is 30.3 Å². The first kappa shape index (κ1) is 15.7. The molecule has 0 saturated heterocycles. The number of primary amides is 1. The number of amides is 2. The summed E-state index contributed by atoms with van der Waals surface area (Å²) in [5.74, 6) is -0.620. The molecule has 2 amide bonds. The van der Waals surface area contributed by atoms with Crippen molar-refractivity contribution in [1.29, 1.82) is 0 Å². The number of hydrogen-bond acceptors (Lipinski definition) is 5. The normalized spacial score (nSPS) is 13.7. The average Bonchev–Trinajstić information content (AvgIpc) is 2.87. The predicted molar refractivity (Wildman–Crippen MR) is 86.2 cm³/mol. The summed E-state index contributed by atoms with van der Waals surface area (Å²) in [4.78, 5) is 29.1. The summed E-state index contributed by atoms with van der Waals surface area (Å²) in [5.41, 5.74) is 5.31. The van der Waals surface area contributed by atoms with Crippen molar-refractivity contribution in [3.05, 3.63) is 35.2 Å². The number of carbonyl (C=O) groups excluding carboxylic acids is 2. The molecular weight excluding hydrogens is 308 g/mol. The van der Waals surface area contributed by atoms with Crippen molar-refractivity contribution in [2.75, 3.05) is 0 Å². The summed E-state index contributed by atoms with van der Waals surface area (Å²) in [5, 5.41) is 1.32. The van der Waals surface area contributed by atoms with Gasteiger partial charge in [-0.15, -0.1) is 16.4 Å². The maximum absolute atomic E-state index is 11.6. The second-order valence-electron chi connectivity index (χ2n) is 4.61. The van der Waals surface area contributed by atoms with E-state index in [2.05, 4.69) is 12.6 Å². The number of urea groups is 1. The number of fused-ring (bicyclic) bond motifs is 1. The van der Waals surface area contributed by atoms with E-state index in [4.69, 9.17) is 10.6 Å². The molecule has 0 radical (unpaired) electrons. The van der Waals surface area contributed by atoms with Crippen LogP contribution in [0.2, 0.25) is 0 Å². The number of nitrogens with zero attached hydrogens (tertiary/aromatic N) is 1. The van der Waals surface area contributed by atoms with Gasteiger partial charge in [0.2, 0.25) is 0 Å². The fraction of sp³-hybridized carbons (Fsp3) is 0.286. The highest BCUT2D eigenvalue weighted by atomic mass is 32.1. The van der Waals surface area contributed by atoms with E-state index >= 15 is 0 Å². The molecule has 2 aromatic rings. The van der Waals surface area contributed by atoms with Crippen LogP contribution >= 0.6 is 24.0 Å². The number of rotatable bonds is 3. The third kappa shape index (κ3) is 3.48. The van der Waals surface area contributed by atoms with Crippen LogP contribution in [0.4, 0.5) is 4.79 Å². The molecule has 5 nitrogen and oxygen atoms in total. The molecule has 2 rings (SSSR count). The van der Waals surface area contributed by atoms with Crippen molar-refractivity contribution in [2.45, 2.75) is 25.1 Å². The molecule has 7 heteroatoms. The van der Waals surface area contributed by atoms with Gasteiger partial charge in [-0.25, -0.2) is 9.59 Å². The van der Waals surface area contributed by atoms with Gasteiger partial charge in [0.15, 0.2) is 0 Å². The van der Waals surface area contributed by atoms with Gasteiger partial charge in [0, 0.05) is 9.58 Å². The lowest BCUT2D eigenvalue weighted by Gasteiger charge is -2.25. The number of hydroxylamine groups is 2. The molecule has 0 spiro atoms. The van der Waals surface area contributed by atoms with Crippen LogP contribution in [0.5, 0.6) is 0 Å². The molecule has 1 aromatic heterocycles. The smallest absolute Gasteiger partial charge is 0.348 e. The Kier molecular flexibility index (Phi) is 4.74. The predicted octanol–water partition coefficient (Wildman–Crippen LogP) is 3.12. The summed E-state index contributed by atoms with van der Waals surface area (Å²) in [6, 6.07) is 8.54. The van der Waals surface area contributed by atoms with Crippen LogP contribution in [-0.2, 0) is 9.63 Å². The van der Waals surface area contributed by atoms with Gasteiger partial charge in [-0.3, -0.25) is 0 Å². The fourth-order valence-corrected chi connectivity index (χ4v) is 2.96. The Labute approximate surface area is 132 Å². The molecule has 0 aliphatic heterocycles. The lowest BCUT2D eigenvalue weighted by Crippen LogP contribution is -2.40. The SMILES string of the molecule is CC(S)C(=O)ON(C(N)=O)C(C)c1cc2ccccc2s1. The zero-order valence-corrected chi connectivity index (χ0v) is 13.4. The Hall–Kier alpha value is -1.73. The van der Waals surface area contributed by atoms with Crippen molar-refractivity contribution in [3.63, 3.8) is 0 Å². The van der Waals surface area contributed by atoms with Gasteiger partial charge in [-0.1, -0.05) is 18.2 Å². The number of nitrogens with two attached hydrogens (primary N) is 1. The van der Waals surface area contributed by atoms with Crippen molar-refractivity contribution in [1.82, 2.24) is 5.06 Å². The minimum Gasteiger partial charge on any atom is -0.349 e. The van der Waals surface area contributed by atoms with Crippen LogP contribution in [0.3, 0.4) is 0 Å². The van der Waals surface area contributed by atoms with Crippen molar-refractivity contribution in [2.24, 2.45) is 5.73 Å². The summed E-state index contributed by atoms with van der Waals surface area (Å²) in [7, 11) is 0. The lowest BCUT2D eigenvalue weighted by molar-refractivity contribution is -0.182. The van der Waals surface area contributed by atoms with E-state index in [1.54, 1.807) is 13.8 Å². The fourth-order valence-electron chi connectivity index (χ4n) is 1.81. The van der Waals surface area contributed by atoms with Crippen LogP contribution in [0, 0.1) is 0 Å². The Bertz CT molecular complexity index is 636. The lowest BCUT2D eigenvalue weighted by atomic mass is 10.2. The first-order valence-electron chi connectivity index (χ1n) is 6.37. The molecule has 1 heterocycles. The van der Waals surface area contributed by atoms with E-state index in [9.17, 15) is 9.59 Å². The molecule has 0 aliphatic carbocycles. The van der Waals surface area contributed by atoms with Gasteiger partial charge in [-0.05, 0) is 31.4 Å². The zero-order chi connectivity index (χ0) is 15.6. The first-order valence-corrected chi connectivity index (χ1v) is 7.70. The summed E-state index contributed by atoms with van der Waals surface area (Å²) in [6.45, 7) is 3.32. The van der Waals surface area contributed by atoms with Gasteiger partial charge in [0.25, 0.3) is 0 Å². The van der Waals surface area contributed by atoms with Crippen LogP contribution in [0.1, 0.15) is 24.8 Å². The molecule has 0 bridgehead atoms. The highest BCUT2D eigenvalue weighted by Gasteiger charge is 2.26. The van der Waals surface area contributed by atoms with Crippen LogP contribution in [0.15, 0.2) is 30.3 Å². The van der Waals surface area contributed by atoms with Crippen LogP contribution in [-0.4, -0.2) is 22.3 Å². The molecule has 0 saturated carbocycles. The Morgan fingerprint density at radius 1 is 1.33 bits per heavy atom. The largest absolute Gasteiger partial charge is 0.349 e. The highest BCUT2D eigenvalue weighted by molar-refractivity contribution is 7.81. The Morgan fingerprint density at radius 3 is 2.57 bits per heavy atom. The van der Waals surface area contributed by atoms with E-state index in [1.165, 1.54) is 11.3 Å². The average molecular weight is 324 g/mol. The molecule has 1 aromatic carbocycles. The number of hydrogen-bond donors (Lipinski definition) is 2. The first-order chi connectivity index (χ1) is 9.90. The van der Waals surface area contributed by atoms with Gasteiger partial charge >= 0.3 is 12.0 Å². The quantitative estimate of drug-likeness (QED) is 0.673. The Morgan fingerprint density at radius 2 is 2.00 bits per heavy atom. The molecule has 112 valence electrons. The maximum Gasteiger partial charge on any atom is 0.348 e. The zero-order valence-electron chi connectivity index (χ0n) is 11.6. The molecule has 2 atom stereocenters. The van der Waals surface area contributed by atoms with Crippen molar-refractivity contribution < 1.29 is 14.4 Å². The monoisotopic (exact) mass is 324 g/mol. The number of thiophene rings is 1. The van der Waals surface area contributed by atoms with Crippen LogP contribution < -0.4 is 5.73 Å². The van der Waals surface area contributed by atoms with Gasteiger partial charge in [-0.2, -0.15) is 12.6 Å². The number of benzene rings is 1. The molecular formula is C14H16N2O3S2. The van der Waals surface area contributed by atoms with Crippen molar-refractivity contribution in [3.8, 4) is 0 Å². The van der Waals surface area contributed by atoms with E-state index in [0.717, 1.165) is 20.0 Å². The third-order valence-corrected chi connectivity index (χ3v) is 4.45. The van der Waals surface area contributed by atoms with Crippen LogP contribution in [0.25, 0.3) is 10.1 Å². The van der Waals surface area contributed by atoms with Gasteiger partial charge in [0.1, 0.15) is 6.04 Å². The van der Waals surface area contributed by atoms with Gasteiger partial charge < -0.3 is 10.6 Å². The summed E-state index contributed by atoms with van der Waals surface area (Å²) < 4.78 is 1.10. The van der Waals surface area contributed by atoms with E-state index in [0.29, 0.717) is 0 Å². The minimum atomic E-state index is -0.817. The minimum absolute atomic E-state index is 0.462. The van der Waals surface area contributed by atoms with Gasteiger partial charge in [0.05, 0.1) is 5.25 Å². The second-order valence-corrected chi connectivity index (χ2v) is 6.50. The summed E-state index contributed by atoms with van der Waals surface area (Å²) >= 11 is 5.51. The highest BCUT2D eigenvalue weighted by Crippen LogP contribution is 2.32. The van der Waals surface area contributed by atoms with E-state index in [-0.39, 0.29) is 0 Å². The number of carbonyl (C=O) groups is 2. The Balaban J connectivity index is 2.27.